The molecule has 0 radical (unpaired) electrons. The van der Waals surface area contributed by atoms with Crippen molar-refractivity contribution in [2.45, 2.75) is 33.5 Å². The van der Waals surface area contributed by atoms with Crippen molar-refractivity contribution in [3.8, 4) is 0 Å². The van der Waals surface area contributed by atoms with E-state index in [0.29, 0.717) is 0 Å². The number of aromatic nitrogens is 3. The summed E-state index contributed by atoms with van der Waals surface area (Å²) in [6.07, 6.45) is 5.96. The summed E-state index contributed by atoms with van der Waals surface area (Å²) in [5.41, 5.74) is 2.57. The fourth-order valence-electron chi connectivity index (χ4n) is 1.96. The lowest BCUT2D eigenvalue weighted by molar-refractivity contribution is 0.625. The average Bonchev–Trinajstić information content (AvgIpc) is 2.96. The van der Waals surface area contributed by atoms with Gasteiger partial charge in [-0.15, -0.1) is 0 Å². The van der Waals surface area contributed by atoms with Gasteiger partial charge >= 0.3 is 0 Å². The second-order valence-corrected chi connectivity index (χ2v) is 4.08. The predicted molar refractivity (Wildman–Crippen MR) is 68.8 cm³/mol. The molecule has 0 saturated heterocycles. The van der Waals surface area contributed by atoms with E-state index in [0.717, 1.165) is 26.2 Å². The minimum atomic E-state index is 0.890. The molecule has 0 aromatic carbocycles. The van der Waals surface area contributed by atoms with Gasteiger partial charge in [0.1, 0.15) is 0 Å². The van der Waals surface area contributed by atoms with Gasteiger partial charge in [-0.1, -0.05) is 6.92 Å². The van der Waals surface area contributed by atoms with Gasteiger partial charge in [-0.25, -0.2) is 4.98 Å². The molecular formula is C13H20N4. The number of hydrogen-bond acceptors (Lipinski definition) is 2. The first-order chi connectivity index (χ1) is 8.35. The molecule has 2 heterocycles. The average molecular weight is 232 g/mol. The third-order valence-electron chi connectivity index (χ3n) is 2.95. The van der Waals surface area contributed by atoms with Crippen molar-refractivity contribution < 1.29 is 0 Å². The van der Waals surface area contributed by atoms with Crippen LogP contribution >= 0.6 is 0 Å². The summed E-state index contributed by atoms with van der Waals surface area (Å²) >= 11 is 0. The monoisotopic (exact) mass is 232 g/mol. The highest BCUT2D eigenvalue weighted by Crippen LogP contribution is 2.07. The smallest absolute Gasteiger partial charge is 0.0948 e. The topological polar surface area (TPSA) is 34.8 Å². The highest BCUT2D eigenvalue weighted by atomic mass is 15.1. The number of nitrogens with one attached hydrogen (secondary N) is 1. The van der Waals surface area contributed by atoms with Crippen molar-refractivity contribution in [2.75, 3.05) is 6.54 Å². The number of rotatable bonds is 6. The zero-order valence-electron chi connectivity index (χ0n) is 10.6. The van der Waals surface area contributed by atoms with E-state index in [9.17, 15) is 0 Å². The van der Waals surface area contributed by atoms with Crippen molar-refractivity contribution in [1.82, 2.24) is 19.4 Å². The Bertz CT molecular complexity index is 455. The number of nitrogens with zero attached hydrogens (tertiary/aromatic N) is 3. The Kier molecular flexibility index (Phi) is 3.98. The lowest BCUT2D eigenvalue weighted by Gasteiger charge is -2.11. The molecule has 0 fully saturated rings. The third-order valence-corrected chi connectivity index (χ3v) is 2.95. The van der Waals surface area contributed by atoms with Gasteiger partial charge in [0.15, 0.2) is 0 Å². The quantitative estimate of drug-likeness (QED) is 0.825. The zero-order valence-corrected chi connectivity index (χ0v) is 10.6. The van der Waals surface area contributed by atoms with Crippen LogP contribution in [0.5, 0.6) is 0 Å². The maximum atomic E-state index is 4.20. The van der Waals surface area contributed by atoms with Crippen molar-refractivity contribution >= 4 is 0 Å². The second kappa shape index (κ2) is 5.68. The standard InChI is InChI=1S/C13H20N4/c1-3-14-8-12-6-5-7-17(12)10-13-9-15-11-16(13)4-2/h5-7,9,11,14H,3-4,8,10H2,1-2H3. The SMILES string of the molecule is CCNCc1cccn1Cc1cncn1CC. The molecule has 0 atom stereocenters. The Balaban J connectivity index is 2.10. The van der Waals surface area contributed by atoms with E-state index < -0.39 is 0 Å². The maximum absolute atomic E-state index is 4.20. The van der Waals surface area contributed by atoms with Gasteiger partial charge in [-0.3, -0.25) is 0 Å². The molecule has 0 aliphatic heterocycles. The van der Waals surface area contributed by atoms with Gasteiger partial charge in [0.2, 0.25) is 0 Å². The summed E-state index contributed by atoms with van der Waals surface area (Å²) in [4.78, 5) is 4.20. The molecule has 1 N–H and O–H groups in total. The van der Waals surface area contributed by atoms with Crippen LogP contribution in [0.4, 0.5) is 0 Å². The van der Waals surface area contributed by atoms with Gasteiger partial charge in [0.05, 0.1) is 18.6 Å². The lowest BCUT2D eigenvalue weighted by Crippen LogP contribution is -2.16. The molecule has 0 unspecified atom stereocenters. The summed E-state index contributed by atoms with van der Waals surface area (Å²) in [7, 11) is 0. The Labute approximate surface area is 102 Å². The highest BCUT2D eigenvalue weighted by molar-refractivity contribution is 5.10. The van der Waals surface area contributed by atoms with Crippen LogP contribution in [-0.4, -0.2) is 20.7 Å². The van der Waals surface area contributed by atoms with Crippen molar-refractivity contribution in [1.29, 1.82) is 0 Å². The maximum Gasteiger partial charge on any atom is 0.0948 e. The van der Waals surface area contributed by atoms with Crippen molar-refractivity contribution in [2.24, 2.45) is 0 Å². The van der Waals surface area contributed by atoms with E-state index in [2.05, 4.69) is 51.6 Å². The molecule has 4 heteroatoms. The van der Waals surface area contributed by atoms with Gasteiger partial charge in [-0.2, -0.15) is 0 Å². The second-order valence-electron chi connectivity index (χ2n) is 4.08. The summed E-state index contributed by atoms with van der Waals surface area (Å²) in [6.45, 7) is 8.04. The van der Waals surface area contributed by atoms with E-state index in [4.69, 9.17) is 0 Å². The fraction of sp³-hybridized carbons (Fsp3) is 0.462. The molecule has 2 aromatic rings. The first-order valence-corrected chi connectivity index (χ1v) is 6.18. The van der Waals surface area contributed by atoms with Crippen LogP contribution in [-0.2, 0) is 19.6 Å². The van der Waals surface area contributed by atoms with Crippen LogP contribution < -0.4 is 5.32 Å². The van der Waals surface area contributed by atoms with Gasteiger partial charge in [0, 0.05) is 31.2 Å². The molecule has 2 rings (SSSR count). The molecule has 0 bridgehead atoms. The lowest BCUT2D eigenvalue weighted by atomic mass is 10.4. The molecule has 0 spiro atoms. The Morgan fingerprint density at radius 1 is 1.24 bits per heavy atom. The molecular weight excluding hydrogens is 212 g/mol. The van der Waals surface area contributed by atoms with Crippen LogP contribution in [0.15, 0.2) is 30.9 Å². The van der Waals surface area contributed by atoms with E-state index >= 15 is 0 Å². The van der Waals surface area contributed by atoms with Crippen LogP contribution in [0, 0.1) is 0 Å². The van der Waals surface area contributed by atoms with Crippen LogP contribution in [0.25, 0.3) is 0 Å². The third kappa shape index (κ3) is 2.77. The largest absolute Gasteiger partial charge is 0.344 e. The number of aryl methyl sites for hydroxylation is 1. The molecule has 0 amide bonds. The van der Waals surface area contributed by atoms with Crippen molar-refractivity contribution in [3.05, 3.63) is 42.2 Å². The Hall–Kier alpha value is -1.55. The van der Waals surface area contributed by atoms with E-state index in [1.807, 2.05) is 12.5 Å². The zero-order chi connectivity index (χ0) is 12.1. The molecule has 0 saturated carbocycles. The molecule has 17 heavy (non-hydrogen) atoms. The fourth-order valence-corrected chi connectivity index (χ4v) is 1.96. The van der Waals surface area contributed by atoms with E-state index in [1.165, 1.54) is 11.4 Å². The summed E-state index contributed by atoms with van der Waals surface area (Å²) < 4.78 is 4.45. The van der Waals surface area contributed by atoms with Crippen molar-refractivity contribution in [3.63, 3.8) is 0 Å². The van der Waals surface area contributed by atoms with E-state index in [1.54, 1.807) is 0 Å². The molecule has 4 nitrogen and oxygen atoms in total. The summed E-state index contributed by atoms with van der Waals surface area (Å²) in [6, 6.07) is 4.26. The van der Waals surface area contributed by atoms with Crippen LogP contribution in [0.1, 0.15) is 25.2 Å². The van der Waals surface area contributed by atoms with Gasteiger partial charge < -0.3 is 14.5 Å². The van der Waals surface area contributed by atoms with Gasteiger partial charge in [0.25, 0.3) is 0 Å². The van der Waals surface area contributed by atoms with E-state index in [-0.39, 0.29) is 0 Å². The minimum absolute atomic E-state index is 0.890. The summed E-state index contributed by atoms with van der Waals surface area (Å²) in [5, 5.41) is 3.36. The highest BCUT2D eigenvalue weighted by Gasteiger charge is 2.04. The number of imidazole rings is 1. The first kappa shape index (κ1) is 11.9. The summed E-state index contributed by atoms with van der Waals surface area (Å²) in [5.74, 6) is 0. The Morgan fingerprint density at radius 2 is 2.12 bits per heavy atom. The van der Waals surface area contributed by atoms with Crippen LogP contribution in [0.3, 0.4) is 0 Å². The van der Waals surface area contributed by atoms with Gasteiger partial charge in [-0.05, 0) is 25.6 Å². The predicted octanol–water partition coefficient (Wildman–Crippen LogP) is 1.86. The number of hydrogen-bond donors (Lipinski definition) is 1. The molecule has 92 valence electrons. The van der Waals surface area contributed by atoms with Crippen LogP contribution in [0.2, 0.25) is 0 Å². The molecule has 2 aromatic heterocycles. The first-order valence-electron chi connectivity index (χ1n) is 6.18. The minimum Gasteiger partial charge on any atom is -0.344 e. The normalized spacial score (nSPS) is 10.9. The molecule has 0 aliphatic carbocycles. The Morgan fingerprint density at radius 3 is 2.88 bits per heavy atom. The molecule has 0 aliphatic rings.